The van der Waals surface area contributed by atoms with E-state index in [1.165, 1.54) is 25.7 Å². The van der Waals surface area contributed by atoms with Crippen molar-refractivity contribution in [1.29, 1.82) is 0 Å². The fourth-order valence-corrected chi connectivity index (χ4v) is 4.41. The van der Waals surface area contributed by atoms with Gasteiger partial charge >= 0.3 is 0 Å². The lowest BCUT2D eigenvalue weighted by atomic mass is 10.1. The number of rotatable bonds is 15. The average Bonchev–Trinajstić information content (AvgIpc) is 3.25. The standard InChI is InChI=1S/C27H36N2O5S/c1-4-6-15-29(16-7-5-2)17-8-18-33-24-12-9-21(10-13-24)27(30)26-20-22-19-23(28-35(3,31)32)11-14-25(22)34-26/h9-14,19-20,28H,4-8,15-18H2,1-3H3. The summed E-state index contributed by atoms with van der Waals surface area (Å²) >= 11 is 0. The summed E-state index contributed by atoms with van der Waals surface area (Å²) in [6, 6.07) is 13.6. The van der Waals surface area contributed by atoms with E-state index in [0.717, 1.165) is 38.1 Å². The second-order valence-electron chi connectivity index (χ2n) is 8.84. The normalized spacial score (nSPS) is 11.8. The summed E-state index contributed by atoms with van der Waals surface area (Å²) in [5, 5.41) is 0.647. The lowest BCUT2D eigenvalue weighted by molar-refractivity contribution is 0.101. The van der Waals surface area contributed by atoms with Crippen molar-refractivity contribution in [3.05, 3.63) is 59.9 Å². The molecule has 0 radical (unpaired) electrons. The number of nitrogens with zero attached hydrogens (tertiary/aromatic N) is 1. The zero-order valence-electron chi connectivity index (χ0n) is 20.9. The Bertz CT molecular complexity index is 1190. The highest BCUT2D eigenvalue weighted by Gasteiger charge is 2.15. The van der Waals surface area contributed by atoms with Crippen LogP contribution in [0.15, 0.2) is 52.9 Å². The van der Waals surface area contributed by atoms with Gasteiger partial charge in [0.1, 0.15) is 11.3 Å². The van der Waals surface area contributed by atoms with Crippen LogP contribution >= 0.6 is 0 Å². The maximum Gasteiger partial charge on any atom is 0.229 e. The molecular weight excluding hydrogens is 464 g/mol. The molecule has 2 aromatic carbocycles. The lowest BCUT2D eigenvalue weighted by Crippen LogP contribution is -2.28. The van der Waals surface area contributed by atoms with Gasteiger partial charge in [-0.1, -0.05) is 26.7 Å². The number of carbonyl (C=O) groups is 1. The Hall–Kier alpha value is -2.84. The number of benzene rings is 2. The predicted molar refractivity (Wildman–Crippen MR) is 141 cm³/mol. The number of hydrogen-bond acceptors (Lipinski definition) is 6. The van der Waals surface area contributed by atoms with Crippen molar-refractivity contribution >= 4 is 32.5 Å². The third-order valence-corrected chi connectivity index (χ3v) is 6.31. The van der Waals surface area contributed by atoms with Crippen LogP contribution in [0.5, 0.6) is 5.75 Å². The summed E-state index contributed by atoms with van der Waals surface area (Å²) in [6.45, 7) is 8.40. The van der Waals surface area contributed by atoms with Crippen LogP contribution in [0.3, 0.4) is 0 Å². The Morgan fingerprint density at radius 3 is 2.23 bits per heavy atom. The second kappa shape index (κ2) is 12.7. The van der Waals surface area contributed by atoms with E-state index in [1.807, 2.05) is 0 Å². The first-order valence-corrected chi connectivity index (χ1v) is 14.2. The van der Waals surface area contributed by atoms with Crippen LogP contribution in [0, 0.1) is 0 Å². The van der Waals surface area contributed by atoms with Crippen LogP contribution in [0.1, 0.15) is 62.1 Å². The van der Waals surface area contributed by atoms with Crippen molar-refractivity contribution in [2.45, 2.75) is 46.0 Å². The molecule has 1 N–H and O–H groups in total. The Morgan fingerprint density at radius 2 is 1.60 bits per heavy atom. The largest absolute Gasteiger partial charge is 0.494 e. The molecule has 1 heterocycles. The molecule has 3 rings (SSSR count). The molecule has 190 valence electrons. The van der Waals surface area contributed by atoms with Crippen molar-refractivity contribution in [1.82, 2.24) is 4.90 Å². The number of fused-ring (bicyclic) bond motifs is 1. The van der Waals surface area contributed by atoms with Crippen molar-refractivity contribution in [3.8, 4) is 5.75 Å². The SMILES string of the molecule is CCCCN(CCCC)CCCOc1ccc(C(=O)c2cc3cc(NS(C)(=O)=O)ccc3o2)cc1. The number of nitrogens with one attached hydrogen (secondary N) is 1. The summed E-state index contributed by atoms with van der Waals surface area (Å²) < 4.78 is 36.9. The maximum absolute atomic E-state index is 12.9. The van der Waals surface area contributed by atoms with E-state index in [1.54, 1.807) is 48.5 Å². The second-order valence-corrected chi connectivity index (χ2v) is 10.6. The smallest absolute Gasteiger partial charge is 0.229 e. The molecule has 3 aromatic rings. The van der Waals surface area contributed by atoms with Gasteiger partial charge in [-0.3, -0.25) is 9.52 Å². The first-order chi connectivity index (χ1) is 16.8. The lowest BCUT2D eigenvalue weighted by Gasteiger charge is -2.21. The van der Waals surface area contributed by atoms with E-state index in [9.17, 15) is 13.2 Å². The number of sulfonamides is 1. The molecule has 0 aliphatic heterocycles. The summed E-state index contributed by atoms with van der Waals surface area (Å²) in [5.41, 5.74) is 1.43. The molecule has 7 nitrogen and oxygen atoms in total. The van der Waals surface area contributed by atoms with Gasteiger partial charge in [-0.05, 0) is 80.9 Å². The zero-order chi connectivity index (χ0) is 25.3. The molecule has 0 aliphatic rings. The van der Waals surface area contributed by atoms with Gasteiger partial charge in [0.25, 0.3) is 0 Å². The van der Waals surface area contributed by atoms with Gasteiger partial charge in [0.05, 0.1) is 12.9 Å². The Labute approximate surface area is 208 Å². The van der Waals surface area contributed by atoms with Crippen molar-refractivity contribution in [2.24, 2.45) is 0 Å². The summed E-state index contributed by atoms with van der Waals surface area (Å²) in [7, 11) is -3.39. The molecule has 0 unspecified atom stereocenters. The van der Waals surface area contributed by atoms with Crippen LogP contribution in [-0.2, 0) is 10.0 Å². The molecule has 0 saturated heterocycles. The minimum Gasteiger partial charge on any atom is -0.494 e. The first-order valence-electron chi connectivity index (χ1n) is 12.3. The van der Waals surface area contributed by atoms with Crippen LogP contribution < -0.4 is 9.46 Å². The first kappa shape index (κ1) is 26.8. The maximum atomic E-state index is 12.9. The number of ether oxygens (including phenoxy) is 1. The van der Waals surface area contributed by atoms with E-state index in [0.29, 0.717) is 28.8 Å². The van der Waals surface area contributed by atoms with Crippen LogP contribution in [0.25, 0.3) is 11.0 Å². The van der Waals surface area contributed by atoms with Crippen molar-refractivity contribution < 1.29 is 22.4 Å². The molecule has 0 aliphatic carbocycles. The summed E-state index contributed by atoms with van der Waals surface area (Å²) in [6.07, 6.45) is 6.92. The van der Waals surface area contributed by atoms with E-state index in [-0.39, 0.29) is 11.5 Å². The number of unbranched alkanes of at least 4 members (excludes halogenated alkanes) is 2. The Morgan fingerprint density at radius 1 is 0.943 bits per heavy atom. The molecule has 8 heteroatoms. The minimum absolute atomic E-state index is 0.199. The average molecular weight is 501 g/mol. The Balaban J connectivity index is 1.55. The van der Waals surface area contributed by atoms with Crippen LogP contribution in [0.2, 0.25) is 0 Å². The van der Waals surface area contributed by atoms with E-state index >= 15 is 0 Å². The van der Waals surface area contributed by atoms with Gasteiger partial charge in [-0.15, -0.1) is 0 Å². The summed E-state index contributed by atoms with van der Waals surface area (Å²) in [5.74, 6) is 0.689. The minimum atomic E-state index is -3.39. The molecule has 0 atom stereocenters. The number of ketones is 1. The van der Waals surface area contributed by atoms with Crippen LogP contribution in [-0.4, -0.2) is 51.6 Å². The molecule has 0 spiro atoms. The van der Waals surface area contributed by atoms with E-state index in [4.69, 9.17) is 9.15 Å². The van der Waals surface area contributed by atoms with Gasteiger partial charge < -0.3 is 14.1 Å². The third kappa shape index (κ3) is 8.40. The molecular formula is C27H36N2O5S. The van der Waals surface area contributed by atoms with Crippen molar-refractivity contribution in [2.75, 3.05) is 37.2 Å². The number of anilines is 1. The zero-order valence-corrected chi connectivity index (χ0v) is 21.7. The van der Waals surface area contributed by atoms with Gasteiger partial charge in [0.2, 0.25) is 15.8 Å². The van der Waals surface area contributed by atoms with Gasteiger partial charge in [0.15, 0.2) is 5.76 Å². The Kier molecular flexibility index (Phi) is 9.74. The highest BCUT2D eigenvalue weighted by atomic mass is 32.2. The summed E-state index contributed by atoms with van der Waals surface area (Å²) in [4.78, 5) is 15.4. The molecule has 1 aromatic heterocycles. The van der Waals surface area contributed by atoms with Gasteiger partial charge in [-0.2, -0.15) is 0 Å². The predicted octanol–water partition coefficient (Wildman–Crippen LogP) is 5.71. The number of hydrogen-bond donors (Lipinski definition) is 1. The fraction of sp³-hybridized carbons (Fsp3) is 0.444. The van der Waals surface area contributed by atoms with Gasteiger partial charge in [-0.25, -0.2) is 8.42 Å². The van der Waals surface area contributed by atoms with E-state index < -0.39 is 10.0 Å². The quantitative estimate of drug-likeness (QED) is 0.212. The fourth-order valence-electron chi connectivity index (χ4n) is 3.85. The molecule has 0 saturated carbocycles. The topological polar surface area (TPSA) is 88.9 Å². The third-order valence-electron chi connectivity index (χ3n) is 5.70. The highest BCUT2D eigenvalue weighted by molar-refractivity contribution is 7.92. The van der Waals surface area contributed by atoms with Gasteiger partial charge in [0, 0.05) is 23.2 Å². The number of carbonyl (C=O) groups excluding carboxylic acids is 1. The van der Waals surface area contributed by atoms with E-state index in [2.05, 4.69) is 23.5 Å². The molecule has 0 bridgehead atoms. The molecule has 0 amide bonds. The number of furan rings is 1. The monoisotopic (exact) mass is 500 g/mol. The van der Waals surface area contributed by atoms with Crippen LogP contribution in [0.4, 0.5) is 5.69 Å². The highest BCUT2D eigenvalue weighted by Crippen LogP contribution is 2.25. The molecule has 0 fully saturated rings. The van der Waals surface area contributed by atoms with Crippen molar-refractivity contribution in [3.63, 3.8) is 0 Å². The molecule has 35 heavy (non-hydrogen) atoms.